The van der Waals surface area contributed by atoms with E-state index in [1.165, 1.54) is 0 Å². The highest BCUT2D eigenvalue weighted by atomic mass is 79.9. The number of hydrogen-bond donors (Lipinski definition) is 1. The zero-order valence-electron chi connectivity index (χ0n) is 13.6. The lowest BCUT2D eigenvalue weighted by molar-refractivity contribution is -0.127. The molecule has 1 N–H and O–H groups in total. The van der Waals surface area contributed by atoms with Crippen molar-refractivity contribution >= 4 is 39.1 Å². The fourth-order valence-corrected chi connectivity index (χ4v) is 2.80. The predicted molar refractivity (Wildman–Crippen MR) is 93.5 cm³/mol. The number of benzene rings is 1. The summed E-state index contributed by atoms with van der Waals surface area (Å²) in [6, 6.07) is 8.41. The van der Waals surface area contributed by atoms with Crippen molar-refractivity contribution in [2.75, 3.05) is 23.9 Å². The fraction of sp³-hybridized carbons (Fsp3) is 0.294. The molecule has 126 valence electrons. The van der Waals surface area contributed by atoms with E-state index >= 15 is 0 Å². The first-order chi connectivity index (χ1) is 11.3. The van der Waals surface area contributed by atoms with Gasteiger partial charge in [0, 0.05) is 12.7 Å². The third-order valence-electron chi connectivity index (χ3n) is 3.85. The summed E-state index contributed by atoms with van der Waals surface area (Å²) < 4.78 is 11.5. The maximum absolute atomic E-state index is 12.5. The van der Waals surface area contributed by atoms with Gasteiger partial charge in [0.15, 0.2) is 10.4 Å². The molecule has 0 saturated carbocycles. The van der Waals surface area contributed by atoms with Crippen molar-refractivity contribution in [1.82, 2.24) is 0 Å². The minimum absolute atomic E-state index is 0.0420. The van der Waals surface area contributed by atoms with E-state index in [1.807, 2.05) is 13.8 Å². The molecular formula is C17H17BrN2O4. The molecule has 2 amide bonds. The molecule has 0 radical (unpaired) electrons. The lowest BCUT2D eigenvalue weighted by Gasteiger charge is -2.24. The minimum Gasteiger partial charge on any atom is -0.490 e. The Balaban J connectivity index is 1.88. The van der Waals surface area contributed by atoms with Crippen LogP contribution in [0.3, 0.4) is 0 Å². The molecule has 1 aromatic carbocycles. The standard InChI is InChI=1S/C17H17BrN2O4/c1-17(2)9-23-12-5-4-10(8-11(12)20(3)16(17)22)19-15(21)13-6-7-14(18)24-13/h4-8H,9H2,1-3H3,(H,19,21). The Morgan fingerprint density at radius 3 is 2.71 bits per heavy atom. The van der Waals surface area contributed by atoms with E-state index in [2.05, 4.69) is 21.2 Å². The van der Waals surface area contributed by atoms with Crippen LogP contribution in [0.15, 0.2) is 39.4 Å². The second-order valence-corrected chi connectivity index (χ2v) is 7.06. The summed E-state index contributed by atoms with van der Waals surface area (Å²) in [7, 11) is 1.70. The van der Waals surface area contributed by atoms with Gasteiger partial charge in [-0.15, -0.1) is 0 Å². The number of nitrogens with one attached hydrogen (secondary N) is 1. The fourth-order valence-electron chi connectivity index (χ4n) is 2.49. The average molecular weight is 393 g/mol. The number of furan rings is 1. The van der Waals surface area contributed by atoms with Crippen molar-refractivity contribution in [1.29, 1.82) is 0 Å². The molecule has 3 rings (SSSR count). The molecule has 6 nitrogen and oxygen atoms in total. The summed E-state index contributed by atoms with van der Waals surface area (Å²) in [5.41, 5.74) is 0.552. The molecule has 0 spiro atoms. The van der Waals surface area contributed by atoms with Crippen LogP contribution in [0, 0.1) is 5.41 Å². The van der Waals surface area contributed by atoms with Gasteiger partial charge in [0.1, 0.15) is 12.4 Å². The van der Waals surface area contributed by atoms with Gasteiger partial charge in [-0.05, 0) is 60.1 Å². The quantitative estimate of drug-likeness (QED) is 0.845. The van der Waals surface area contributed by atoms with Crippen molar-refractivity contribution in [3.05, 3.63) is 40.8 Å². The molecule has 0 aliphatic carbocycles. The summed E-state index contributed by atoms with van der Waals surface area (Å²) >= 11 is 3.16. The summed E-state index contributed by atoms with van der Waals surface area (Å²) in [5.74, 6) is 0.387. The average Bonchev–Trinajstić information content (AvgIpc) is 2.95. The Morgan fingerprint density at radius 1 is 1.29 bits per heavy atom. The third kappa shape index (κ3) is 3.03. The number of anilines is 2. The van der Waals surface area contributed by atoms with E-state index in [0.29, 0.717) is 28.4 Å². The molecule has 2 heterocycles. The van der Waals surface area contributed by atoms with Gasteiger partial charge in [0.2, 0.25) is 5.91 Å². The molecule has 1 aliphatic heterocycles. The highest BCUT2D eigenvalue weighted by Gasteiger charge is 2.36. The monoisotopic (exact) mass is 392 g/mol. The highest BCUT2D eigenvalue weighted by molar-refractivity contribution is 9.10. The van der Waals surface area contributed by atoms with E-state index in [4.69, 9.17) is 9.15 Å². The van der Waals surface area contributed by atoms with Crippen molar-refractivity contribution in [3.8, 4) is 5.75 Å². The summed E-state index contributed by atoms with van der Waals surface area (Å²) in [6.07, 6.45) is 0. The van der Waals surface area contributed by atoms with E-state index in [0.717, 1.165) is 0 Å². The van der Waals surface area contributed by atoms with Crippen molar-refractivity contribution < 1.29 is 18.7 Å². The molecule has 1 aromatic heterocycles. The highest BCUT2D eigenvalue weighted by Crippen LogP contribution is 2.37. The number of ether oxygens (including phenoxy) is 1. The van der Waals surface area contributed by atoms with Crippen LogP contribution in [-0.4, -0.2) is 25.5 Å². The van der Waals surface area contributed by atoms with Gasteiger partial charge in [-0.3, -0.25) is 9.59 Å². The van der Waals surface area contributed by atoms with Crippen LogP contribution in [0.4, 0.5) is 11.4 Å². The Kier molecular flexibility index (Phi) is 4.13. The molecule has 1 aliphatic rings. The second kappa shape index (κ2) is 5.98. The van der Waals surface area contributed by atoms with Crippen LogP contribution >= 0.6 is 15.9 Å². The second-order valence-electron chi connectivity index (χ2n) is 6.28. The van der Waals surface area contributed by atoms with Crippen LogP contribution in [0.25, 0.3) is 0 Å². The molecule has 0 bridgehead atoms. The topological polar surface area (TPSA) is 71.8 Å². The number of hydrogen-bond acceptors (Lipinski definition) is 4. The van der Waals surface area contributed by atoms with Crippen molar-refractivity contribution in [2.45, 2.75) is 13.8 Å². The summed E-state index contributed by atoms with van der Waals surface area (Å²) in [4.78, 5) is 26.3. The molecule has 24 heavy (non-hydrogen) atoms. The molecule has 0 saturated heterocycles. The number of amides is 2. The number of nitrogens with zero attached hydrogens (tertiary/aromatic N) is 1. The lowest BCUT2D eigenvalue weighted by atomic mass is 9.93. The Hall–Kier alpha value is -2.28. The number of carbonyl (C=O) groups excluding carboxylic acids is 2. The Labute approximate surface area is 147 Å². The number of carbonyl (C=O) groups is 2. The van der Waals surface area contributed by atoms with Gasteiger partial charge in [-0.1, -0.05) is 0 Å². The third-order valence-corrected chi connectivity index (χ3v) is 4.27. The predicted octanol–water partition coefficient (Wildman–Crippen LogP) is 3.68. The van der Waals surface area contributed by atoms with Crippen LogP contribution in [0.2, 0.25) is 0 Å². The van der Waals surface area contributed by atoms with Gasteiger partial charge in [-0.2, -0.15) is 0 Å². The van der Waals surface area contributed by atoms with Gasteiger partial charge in [0.05, 0.1) is 11.1 Å². The molecule has 0 unspecified atom stereocenters. The Morgan fingerprint density at radius 2 is 2.04 bits per heavy atom. The number of halogens is 1. The minimum atomic E-state index is -0.613. The van der Waals surface area contributed by atoms with Gasteiger partial charge >= 0.3 is 0 Å². The normalized spacial score (nSPS) is 16.2. The van der Waals surface area contributed by atoms with Gasteiger partial charge < -0.3 is 19.4 Å². The van der Waals surface area contributed by atoms with Crippen LogP contribution in [-0.2, 0) is 4.79 Å². The van der Waals surface area contributed by atoms with E-state index in [1.54, 1.807) is 42.3 Å². The molecular weight excluding hydrogens is 376 g/mol. The van der Waals surface area contributed by atoms with Crippen LogP contribution in [0.1, 0.15) is 24.4 Å². The Bertz CT molecular complexity index is 813. The van der Waals surface area contributed by atoms with Crippen molar-refractivity contribution in [2.24, 2.45) is 5.41 Å². The SMILES string of the molecule is CN1C(=O)C(C)(C)COc2ccc(NC(=O)c3ccc(Br)o3)cc21. The molecule has 7 heteroatoms. The maximum Gasteiger partial charge on any atom is 0.291 e. The molecule has 0 atom stereocenters. The number of fused-ring (bicyclic) bond motifs is 1. The zero-order chi connectivity index (χ0) is 17.5. The van der Waals surface area contributed by atoms with Gasteiger partial charge in [-0.25, -0.2) is 0 Å². The first kappa shape index (κ1) is 16.6. The smallest absolute Gasteiger partial charge is 0.291 e. The summed E-state index contributed by atoms with van der Waals surface area (Å²) in [5, 5.41) is 2.75. The number of rotatable bonds is 2. The van der Waals surface area contributed by atoms with E-state index < -0.39 is 5.41 Å². The maximum atomic E-state index is 12.5. The summed E-state index contributed by atoms with van der Waals surface area (Å²) in [6.45, 7) is 3.99. The lowest BCUT2D eigenvalue weighted by Crippen LogP contribution is -2.39. The zero-order valence-corrected chi connectivity index (χ0v) is 15.1. The first-order valence-electron chi connectivity index (χ1n) is 7.39. The van der Waals surface area contributed by atoms with Crippen LogP contribution in [0.5, 0.6) is 5.75 Å². The molecule has 0 fully saturated rings. The van der Waals surface area contributed by atoms with Gasteiger partial charge in [0.25, 0.3) is 5.91 Å². The molecule has 2 aromatic rings. The van der Waals surface area contributed by atoms with Crippen LogP contribution < -0.4 is 15.0 Å². The largest absolute Gasteiger partial charge is 0.490 e. The first-order valence-corrected chi connectivity index (χ1v) is 8.19. The van der Waals surface area contributed by atoms with E-state index in [9.17, 15) is 9.59 Å². The van der Waals surface area contributed by atoms with E-state index in [-0.39, 0.29) is 17.6 Å². The van der Waals surface area contributed by atoms with Crippen molar-refractivity contribution in [3.63, 3.8) is 0 Å².